The lowest BCUT2D eigenvalue weighted by Crippen LogP contribution is -2.66. The van der Waals surface area contributed by atoms with Crippen LogP contribution in [0, 0.1) is 5.92 Å². The van der Waals surface area contributed by atoms with Crippen LogP contribution in [0.15, 0.2) is 30.5 Å². The molecule has 3 aliphatic heterocycles. The van der Waals surface area contributed by atoms with Crippen LogP contribution in [0.5, 0.6) is 5.75 Å². The van der Waals surface area contributed by atoms with Crippen LogP contribution in [0.2, 0.25) is 0 Å². The van der Waals surface area contributed by atoms with E-state index >= 15 is 0 Å². The summed E-state index contributed by atoms with van der Waals surface area (Å²) in [4.78, 5) is 30.6. The van der Waals surface area contributed by atoms with Crippen LogP contribution in [0.1, 0.15) is 38.4 Å². The normalized spacial score (nSPS) is 29.4. The number of hydrogen-bond acceptors (Lipinski definition) is 7. The molecular weight excluding hydrogens is 372 g/mol. The van der Waals surface area contributed by atoms with Crippen LogP contribution in [0.3, 0.4) is 0 Å². The number of aromatic nitrogens is 1. The van der Waals surface area contributed by atoms with Crippen molar-refractivity contribution in [1.29, 1.82) is 0 Å². The minimum atomic E-state index is -1.32. The standard InChI is InChI=1S/C22H26N2O5/c1-13(25)22(27)12-24-9-7-15(22)10-20(24)21(29-14(2)26)17-6-8-23-19-5-4-16(28-3)11-18(17)19/h4-6,8,11,15,20-21,27H,7,9-10,12H2,1-3H3/t15-,20-,21-,22+/m0/s1. The first kappa shape index (κ1) is 19.8. The highest BCUT2D eigenvalue weighted by atomic mass is 16.5. The maximum Gasteiger partial charge on any atom is 0.303 e. The van der Waals surface area contributed by atoms with E-state index in [-0.39, 0.29) is 30.3 Å². The zero-order chi connectivity index (χ0) is 20.8. The van der Waals surface area contributed by atoms with Gasteiger partial charge in [-0.05, 0) is 56.5 Å². The topological polar surface area (TPSA) is 89.0 Å². The number of ether oxygens (including phenoxy) is 2. The molecule has 5 rings (SSSR count). The zero-order valence-electron chi connectivity index (χ0n) is 16.9. The molecule has 154 valence electrons. The molecule has 0 amide bonds. The zero-order valence-corrected chi connectivity index (χ0v) is 16.9. The van der Waals surface area contributed by atoms with E-state index in [1.54, 1.807) is 13.3 Å². The van der Waals surface area contributed by atoms with Crippen LogP contribution in [0.25, 0.3) is 10.9 Å². The van der Waals surface area contributed by atoms with Crippen molar-refractivity contribution in [3.05, 3.63) is 36.0 Å². The van der Waals surface area contributed by atoms with Gasteiger partial charge in [-0.2, -0.15) is 0 Å². The first-order chi connectivity index (χ1) is 13.8. The molecule has 2 aromatic rings. The van der Waals surface area contributed by atoms with Gasteiger partial charge in [0.05, 0.1) is 18.7 Å². The highest BCUT2D eigenvalue weighted by Crippen LogP contribution is 2.45. The van der Waals surface area contributed by atoms with Gasteiger partial charge < -0.3 is 14.6 Å². The van der Waals surface area contributed by atoms with Crippen molar-refractivity contribution in [3.63, 3.8) is 0 Å². The second-order valence-electron chi connectivity index (χ2n) is 8.05. The summed E-state index contributed by atoms with van der Waals surface area (Å²) in [5.74, 6) is -0.0124. The Bertz CT molecular complexity index is 961. The lowest BCUT2D eigenvalue weighted by atomic mass is 9.69. The third kappa shape index (κ3) is 3.38. The van der Waals surface area contributed by atoms with Gasteiger partial charge in [0, 0.05) is 30.6 Å². The number of aliphatic hydroxyl groups is 1. The summed E-state index contributed by atoms with van der Waals surface area (Å²) in [6.45, 7) is 3.87. The fraction of sp³-hybridized carbons (Fsp3) is 0.500. The van der Waals surface area contributed by atoms with Crippen LogP contribution in [-0.4, -0.2) is 58.6 Å². The largest absolute Gasteiger partial charge is 0.497 e. The number of carbonyl (C=O) groups is 2. The molecule has 7 heteroatoms. The van der Waals surface area contributed by atoms with Gasteiger partial charge in [0.1, 0.15) is 17.5 Å². The van der Waals surface area contributed by atoms with E-state index < -0.39 is 11.7 Å². The summed E-state index contributed by atoms with van der Waals surface area (Å²) >= 11 is 0. The predicted octanol–water partition coefficient (Wildman–Crippen LogP) is 2.26. The fourth-order valence-electron chi connectivity index (χ4n) is 4.88. The molecule has 1 aromatic carbocycles. The van der Waals surface area contributed by atoms with E-state index in [0.29, 0.717) is 12.2 Å². The third-order valence-electron chi connectivity index (χ3n) is 6.42. The van der Waals surface area contributed by atoms with Crippen molar-refractivity contribution >= 4 is 22.7 Å². The third-order valence-corrected chi connectivity index (χ3v) is 6.42. The number of rotatable bonds is 5. The Morgan fingerprint density at radius 1 is 1.31 bits per heavy atom. The molecule has 4 heterocycles. The first-order valence-electron chi connectivity index (χ1n) is 9.91. The molecule has 3 aliphatic rings. The maximum atomic E-state index is 12.1. The number of benzene rings is 1. The van der Waals surface area contributed by atoms with Crippen molar-refractivity contribution in [3.8, 4) is 5.75 Å². The van der Waals surface area contributed by atoms with Crippen molar-refractivity contribution in [2.45, 2.75) is 44.4 Å². The molecule has 3 fully saturated rings. The summed E-state index contributed by atoms with van der Waals surface area (Å²) in [7, 11) is 1.61. The quantitative estimate of drug-likeness (QED) is 0.773. The Hall–Kier alpha value is -2.51. The summed E-state index contributed by atoms with van der Waals surface area (Å²) in [6, 6.07) is 7.38. The number of carbonyl (C=O) groups excluding carboxylic acids is 2. The Balaban J connectivity index is 1.76. The second kappa shape index (κ2) is 7.39. The van der Waals surface area contributed by atoms with Crippen LogP contribution in [-0.2, 0) is 14.3 Å². The van der Waals surface area contributed by atoms with Gasteiger partial charge in [0.2, 0.25) is 0 Å². The molecule has 1 aromatic heterocycles. The molecule has 0 saturated carbocycles. The molecule has 5 atom stereocenters. The summed E-state index contributed by atoms with van der Waals surface area (Å²) in [6.07, 6.45) is 2.53. The number of ketones is 1. The fourth-order valence-corrected chi connectivity index (χ4v) is 4.88. The lowest BCUT2D eigenvalue weighted by Gasteiger charge is -2.54. The molecule has 29 heavy (non-hydrogen) atoms. The van der Waals surface area contributed by atoms with Gasteiger partial charge in [0.25, 0.3) is 0 Å². The molecule has 0 aliphatic carbocycles. The van der Waals surface area contributed by atoms with Crippen molar-refractivity contribution in [2.75, 3.05) is 20.2 Å². The molecule has 0 radical (unpaired) electrons. The number of hydrogen-bond donors (Lipinski definition) is 1. The second-order valence-corrected chi connectivity index (χ2v) is 8.05. The van der Waals surface area contributed by atoms with Crippen LogP contribution in [0.4, 0.5) is 0 Å². The van der Waals surface area contributed by atoms with Crippen molar-refractivity contribution < 1.29 is 24.2 Å². The Morgan fingerprint density at radius 2 is 2.10 bits per heavy atom. The molecule has 0 spiro atoms. The van der Waals surface area contributed by atoms with E-state index in [4.69, 9.17) is 9.47 Å². The van der Waals surface area contributed by atoms with Crippen molar-refractivity contribution in [2.24, 2.45) is 5.92 Å². The predicted molar refractivity (Wildman–Crippen MR) is 107 cm³/mol. The number of pyridine rings is 1. The van der Waals surface area contributed by atoms with E-state index in [0.717, 1.165) is 29.4 Å². The number of fused-ring (bicyclic) bond motifs is 4. The van der Waals surface area contributed by atoms with Gasteiger partial charge in [-0.15, -0.1) is 0 Å². The minimum Gasteiger partial charge on any atom is -0.497 e. The van der Waals surface area contributed by atoms with E-state index in [9.17, 15) is 14.7 Å². The highest BCUT2D eigenvalue weighted by Gasteiger charge is 2.54. The molecule has 2 bridgehead atoms. The number of piperidine rings is 3. The smallest absolute Gasteiger partial charge is 0.303 e. The Labute approximate surface area is 169 Å². The lowest BCUT2D eigenvalue weighted by molar-refractivity contribution is -0.179. The highest BCUT2D eigenvalue weighted by molar-refractivity contribution is 5.86. The molecule has 7 nitrogen and oxygen atoms in total. The monoisotopic (exact) mass is 398 g/mol. The first-order valence-corrected chi connectivity index (χ1v) is 9.91. The number of methoxy groups -OCH3 is 1. The Morgan fingerprint density at radius 3 is 2.72 bits per heavy atom. The maximum absolute atomic E-state index is 12.1. The molecule has 1 N–H and O–H groups in total. The molecule has 1 unspecified atom stereocenters. The van der Waals surface area contributed by atoms with Crippen LogP contribution >= 0.6 is 0 Å². The molecule has 3 saturated heterocycles. The Kier molecular flexibility index (Phi) is 5.04. The van der Waals surface area contributed by atoms with Gasteiger partial charge in [-0.25, -0.2) is 0 Å². The van der Waals surface area contributed by atoms with Gasteiger partial charge in [-0.1, -0.05) is 0 Å². The van der Waals surface area contributed by atoms with E-state index in [1.165, 1.54) is 13.8 Å². The average Bonchev–Trinajstić information content (AvgIpc) is 2.71. The summed E-state index contributed by atoms with van der Waals surface area (Å²) in [5, 5.41) is 11.8. The van der Waals surface area contributed by atoms with Gasteiger partial charge in [0.15, 0.2) is 5.78 Å². The van der Waals surface area contributed by atoms with Gasteiger partial charge in [-0.3, -0.25) is 19.5 Å². The number of nitrogens with zero attached hydrogens (tertiary/aromatic N) is 2. The van der Waals surface area contributed by atoms with Crippen LogP contribution < -0.4 is 4.74 Å². The molecular formula is C22H26N2O5. The number of Topliss-reactive ketones (excluding diaryl/α,β-unsaturated/α-hetero) is 1. The summed E-state index contributed by atoms with van der Waals surface area (Å²) in [5.41, 5.74) is 0.323. The number of esters is 1. The summed E-state index contributed by atoms with van der Waals surface area (Å²) < 4.78 is 11.2. The van der Waals surface area contributed by atoms with E-state index in [2.05, 4.69) is 9.88 Å². The SMILES string of the molecule is COc1ccc2nccc([C@H](OC(C)=O)[C@@H]3C[C@@H]4CCN3C[C@@]4(O)C(C)=O)c2c1. The van der Waals surface area contributed by atoms with Gasteiger partial charge >= 0.3 is 5.97 Å². The minimum absolute atomic E-state index is 0.117. The average molecular weight is 398 g/mol. The van der Waals surface area contributed by atoms with E-state index in [1.807, 2.05) is 24.3 Å². The van der Waals surface area contributed by atoms with Crippen molar-refractivity contribution in [1.82, 2.24) is 9.88 Å².